The summed E-state index contributed by atoms with van der Waals surface area (Å²) in [6, 6.07) is 64.1. The average Bonchev–Trinajstić information content (AvgIpc) is 3.08. The predicted molar refractivity (Wildman–Crippen MR) is 218 cm³/mol. The third-order valence-electron chi connectivity index (χ3n) is 7.92. The van der Waals surface area contributed by atoms with Gasteiger partial charge in [-0.3, -0.25) is 0 Å². The first-order chi connectivity index (χ1) is 21.5. The zero-order valence-electron chi connectivity index (χ0n) is 23.7. The third-order valence-corrected chi connectivity index (χ3v) is 46.7. The van der Waals surface area contributed by atoms with Crippen molar-refractivity contribution in [3.63, 3.8) is 0 Å². The van der Waals surface area contributed by atoms with E-state index in [1.165, 1.54) is 21.1 Å². The van der Waals surface area contributed by atoms with E-state index in [2.05, 4.69) is 241 Å². The molecule has 0 spiro atoms. The number of hydrogen-bond donors (Lipinski definition) is 0. The quantitative estimate of drug-likeness (QED) is 0.122. The SMILES string of the molecule is O=[C]([SbH]([c]1ccccc1)([c]1ccccc1)[c]1ccccc1)[SbH]([c]1ccccc1)([c]1ccccc1)[c]1ccccc1.[I][Rh]([I])[I]. The van der Waals surface area contributed by atoms with E-state index in [1.54, 1.807) is 0 Å². The fraction of sp³-hybridized carbons (Fsp3) is 0. The van der Waals surface area contributed by atoms with Crippen molar-refractivity contribution in [2.45, 2.75) is 0 Å². The van der Waals surface area contributed by atoms with E-state index in [-0.39, 0.29) is 5.41 Å². The number of hydrogen-bond acceptors (Lipinski definition) is 1. The van der Waals surface area contributed by atoms with Crippen molar-refractivity contribution < 1.29 is 10.2 Å². The van der Waals surface area contributed by atoms with Gasteiger partial charge in [-0.25, -0.2) is 0 Å². The topological polar surface area (TPSA) is 17.1 Å². The van der Waals surface area contributed by atoms with Crippen LogP contribution in [0.2, 0.25) is 0 Å². The van der Waals surface area contributed by atoms with Gasteiger partial charge in [-0.1, -0.05) is 0 Å². The van der Waals surface area contributed by atoms with Gasteiger partial charge in [-0.15, -0.1) is 0 Å². The fourth-order valence-electron chi connectivity index (χ4n) is 6.20. The molecule has 0 saturated heterocycles. The molecule has 226 valence electrons. The molecule has 7 heteroatoms. The summed E-state index contributed by atoms with van der Waals surface area (Å²) in [6.45, 7) is 0. The summed E-state index contributed by atoms with van der Waals surface area (Å²) < 4.78 is 7.68. The molecule has 0 amide bonds. The first kappa shape index (κ1) is 34.8. The molecule has 0 atom stereocenters. The van der Waals surface area contributed by atoms with Gasteiger partial charge in [0.15, 0.2) is 0 Å². The van der Waals surface area contributed by atoms with Gasteiger partial charge in [0.05, 0.1) is 0 Å². The van der Waals surface area contributed by atoms with Gasteiger partial charge in [-0.05, 0) is 0 Å². The second-order valence-corrected chi connectivity index (χ2v) is 73.2. The van der Waals surface area contributed by atoms with Crippen LogP contribution >= 0.6 is 59.3 Å². The molecule has 0 heterocycles. The molecular weight excluding hydrogens is 1190 g/mol. The van der Waals surface area contributed by atoms with Crippen LogP contribution in [0.25, 0.3) is 0 Å². The van der Waals surface area contributed by atoms with E-state index in [4.69, 9.17) is 0 Å². The maximum atomic E-state index is 16.5. The van der Waals surface area contributed by atoms with Gasteiger partial charge >= 0.3 is 312 Å². The molecule has 0 bridgehead atoms. The van der Waals surface area contributed by atoms with E-state index in [1.807, 2.05) is 0 Å². The number of rotatable bonds is 8. The Labute approximate surface area is 306 Å². The normalized spacial score (nSPS) is 12.3. The number of carbonyl (C=O) groups is 1. The van der Waals surface area contributed by atoms with Crippen LogP contribution < -0.4 is 21.1 Å². The van der Waals surface area contributed by atoms with Gasteiger partial charge in [0, 0.05) is 0 Å². The second-order valence-electron chi connectivity index (χ2n) is 10.2. The molecule has 6 rings (SSSR count). The first-order valence-corrected chi connectivity index (χ1v) is 40.1. The van der Waals surface area contributed by atoms with Gasteiger partial charge in [-0.2, -0.15) is 0 Å². The molecule has 0 aliphatic carbocycles. The van der Waals surface area contributed by atoms with Crippen molar-refractivity contribution in [3.8, 4) is 0 Å². The van der Waals surface area contributed by atoms with Gasteiger partial charge in [0.25, 0.3) is 0 Å². The first-order valence-electron chi connectivity index (χ1n) is 14.0. The van der Waals surface area contributed by atoms with Crippen LogP contribution in [0.15, 0.2) is 182 Å². The summed E-state index contributed by atoms with van der Waals surface area (Å²) in [6.07, 6.45) is 0. The van der Waals surface area contributed by atoms with Crippen molar-refractivity contribution in [3.05, 3.63) is 182 Å². The van der Waals surface area contributed by atoms with Crippen molar-refractivity contribution in [1.82, 2.24) is 0 Å². The van der Waals surface area contributed by atoms with Crippen LogP contribution in [0, 0.1) is 0 Å². The third kappa shape index (κ3) is 7.44. The molecule has 0 radical (unpaired) electrons. The van der Waals surface area contributed by atoms with E-state index in [0.29, 0.717) is 1.68 Å². The van der Waals surface area contributed by atoms with E-state index in [9.17, 15) is 0 Å². The van der Waals surface area contributed by atoms with E-state index >= 15 is 4.79 Å². The Hall–Kier alpha value is -0.560. The molecule has 6 aromatic carbocycles. The molecule has 0 aliphatic rings. The molecule has 1 nitrogen and oxygen atoms in total. The standard InChI is InChI=1S/6C6H5.CO.3HI.Rh.2Sb.2H/c6*1-2-4-6-5-3-1;1-2;;;;;;;;/h6*1-5H;;3*1H;;;;;/q;;;;;;;;;;+3;;;;/p-3. The minimum absolute atomic E-state index is 0.167. The van der Waals surface area contributed by atoms with Crippen LogP contribution in [-0.2, 0) is 5.41 Å². The number of carbonyl (C=O) groups excluding carboxylic acids is 1. The van der Waals surface area contributed by atoms with E-state index in [0.717, 1.165) is 0 Å². The van der Waals surface area contributed by atoms with Crippen molar-refractivity contribution in [1.29, 1.82) is 0 Å². The Morgan fingerprint density at radius 1 is 0.341 bits per heavy atom. The monoisotopic (exact) mass is 1220 g/mol. The molecule has 0 saturated carbocycles. The summed E-state index contributed by atoms with van der Waals surface area (Å²) in [5.74, 6) is 0. The van der Waals surface area contributed by atoms with Crippen LogP contribution in [0.1, 0.15) is 0 Å². The Morgan fingerprint density at radius 3 is 0.614 bits per heavy atom. The zero-order chi connectivity index (χ0) is 30.8. The maximum absolute atomic E-state index is 16.5. The fourth-order valence-corrected chi connectivity index (χ4v) is 57.2. The Balaban J connectivity index is 0.000000906. The molecule has 0 unspecified atom stereocenters. The number of benzene rings is 6. The van der Waals surface area contributed by atoms with Crippen LogP contribution in [0.4, 0.5) is 4.79 Å². The predicted octanol–water partition coefficient (Wildman–Crippen LogP) is 6.73. The van der Waals surface area contributed by atoms with Gasteiger partial charge in [0.1, 0.15) is 0 Å². The summed E-state index contributed by atoms with van der Waals surface area (Å²) in [5, 5.41) is -0.167. The van der Waals surface area contributed by atoms with Crippen LogP contribution in [-0.4, -0.2) is 39.3 Å². The van der Waals surface area contributed by atoms with Crippen LogP contribution in [0.5, 0.6) is 0 Å². The zero-order valence-corrected chi connectivity index (χ0v) is 37.5. The summed E-state index contributed by atoms with van der Waals surface area (Å²) in [7, 11) is 0. The second kappa shape index (κ2) is 17.0. The minimum atomic E-state index is -4.41. The molecule has 0 aliphatic heterocycles. The number of halogens is 3. The molecule has 44 heavy (non-hydrogen) atoms. The van der Waals surface area contributed by atoms with Crippen molar-refractivity contribution in [2.75, 3.05) is 0 Å². The Kier molecular flexibility index (Phi) is 13.4. The van der Waals surface area contributed by atoms with Crippen molar-refractivity contribution >= 4 is 120 Å². The van der Waals surface area contributed by atoms with Gasteiger partial charge in [0.2, 0.25) is 0 Å². The summed E-state index contributed by atoms with van der Waals surface area (Å²) >= 11 is -1.47. The van der Waals surface area contributed by atoms with E-state index < -0.39 is 37.6 Å². The summed E-state index contributed by atoms with van der Waals surface area (Å²) in [4.78, 5) is 16.5. The van der Waals surface area contributed by atoms with Crippen LogP contribution in [0.3, 0.4) is 0 Å². The van der Waals surface area contributed by atoms with Gasteiger partial charge < -0.3 is 0 Å². The molecule has 0 fully saturated rings. The molecule has 6 aromatic rings. The Morgan fingerprint density at radius 2 is 0.477 bits per heavy atom. The molecule has 0 aromatic heterocycles. The summed E-state index contributed by atoms with van der Waals surface area (Å²) in [5.41, 5.74) is 0. The Bertz CT molecular complexity index is 1420. The molecular formula is C37H32I3ORhSb2. The average molecular weight is 1220 g/mol. The van der Waals surface area contributed by atoms with Crippen molar-refractivity contribution in [2.24, 2.45) is 0 Å². The molecule has 0 N–H and O–H groups in total.